The predicted octanol–water partition coefficient (Wildman–Crippen LogP) is 2.90. The smallest absolute Gasteiger partial charge is 0.253 e. The molecule has 0 unspecified atom stereocenters. The van der Waals surface area contributed by atoms with E-state index in [9.17, 15) is 4.79 Å². The Kier molecular flexibility index (Phi) is 6.42. The SMILES string of the molecule is CN(C)c1ccc(C(=O)N2CCC[C@H](N3CCN(Cc4ccc5c(c4)OCO5)CC3)C2)cc1. The van der Waals surface area contributed by atoms with Crippen molar-refractivity contribution in [2.75, 3.05) is 65.1 Å². The maximum Gasteiger partial charge on any atom is 0.253 e. The Bertz CT molecular complexity index is 970. The van der Waals surface area contributed by atoms with Crippen molar-refractivity contribution in [1.82, 2.24) is 14.7 Å². The van der Waals surface area contributed by atoms with Crippen molar-refractivity contribution in [2.45, 2.75) is 25.4 Å². The van der Waals surface area contributed by atoms with E-state index in [2.05, 4.69) is 31.7 Å². The van der Waals surface area contributed by atoms with Crippen molar-refractivity contribution in [1.29, 1.82) is 0 Å². The summed E-state index contributed by atoms with van der Waals surface area (Å²) in [5.74, 6) is 1.86. The second-order valence-corrected chi connectivity index (χ2v) is 9.49. The first-order valence-corrected chi connectivity index (χ1v) is 12.0. The van der Waals surface area contributed by atoms with Gasteiger partial charge in [0.15, 0.2) is 11.5 Å². The third-order valence-corrected chi connectivity index (χ3v) is 7.08. The predicted molar refractivity (Wildman–Crippen MR) is 129 cm³/mol. The first-order valence-electron chi connectivity index (χ1n) is 12.0. The van der Waals surface area contributed by atoms with Crippen molar-refractivity contribution in [3.05, 3.63) is 53.6 Å². The van der Waals surface area contributed by atoms with Crippen LogP contribution in [0.25, 0.3) is 0 Å². The molecule has 7 nitrogen and oxygen atoms in total. The minimum absolute atomic E-state index is 0.159. The topological polar surface area (TPSA) is 48.5 Å². The number of hydrogen-bond donors (Lipinski definition) is 0. The van der Waals surface area contributed by atoms with E-state index in [1.807, 2.05) is 44.4 Å². The van der Waals surface area contributed by atoms with Crippen LogP contribution >= 0.6 is 0 Å². The van der Waals surface area contributed by atoms with Gasteiger partial charge in [0, 0.05) is 77.2 Å². The van der Waals surface area contributed by atoms with E-state index in [4.69, 9.17) is 9.47 Å². The Morgan fingerprint density at radius 2 is 1.73 bits per heavy atom. The highest BCUT2D eigenvalue weighted by Gasteiger charge is 2.30. The molecule has 176 valence electrons. The number of carbonyl (C=O) groups is 1. The van der Waals surface area contributed by atoms with Crippen LogP contribution < -0.4 is 14.4 Å². The highest BCUT2D eigenvalue weighted by atomic mass is 16.7. The average molecular weight is 451 g/mol. The van der Waals surface area contributed by atoms with E-state index < -0.39 is 0 Å². The molecular formula is C26H34N4O3. The third kappa shape index (κ3) is 4.94. The molecule has 5 rings (SSSR count). The van der Waals surface area contributed by atoms with Gasteiger partial charge in [0.2, 0.25) is 6.79 Å². The zero-order valence-corrected chi connectivity index (χ0v) is 19.7. The van der Waals surface area contributed by atoms with Gasteiger partial charge in [-0.25, -0.2) is 0 Å². The van der Waals surface area contributed by atoms with E-state index in [-0.39, 0.29) is 5.91 Å². The quantitative estimate of drug-likeness (QED) is 0.698. The molecule has 0 bridgehead atoms. The number of nitrogens with zero attached hydrogens (tertiary/aromatic N) is 4. The molecule has 0 spiro atoms. The van der Waals surface area contributed by atoms with Crippen LogP contribution in [0.3, 0.4) is 0 Å². The van der Waals surface area contributed by atoms with Gasteiger partial charge in [0.05, 0.1) is 0 Å². The largest absolute Gasteiger partial charge is 0.454 e. The fourth-order valence-electron chi connectivity index (χ4n) is 5.11. The number of amides is 1. The van der Waals surface area contributed by atoms with Crippen LogP contribution in [0.5, 0.6) is 11.5 Å². The van der Waals surface area contributed by atoms with Crippen LogP contribution in [0.4, 0.5) is 5.69 Å². The monoisotopic (exact) mass is 450 g/mol. The summed E-state index contributed by atoms with van der Waals surface area (Å²) in [6, 6.07) is 14.7. The fourth-order valence-corrected chi connectivity index (χ4v) is 5.11. The number of hydrogen-bond acceptors (Lipinski definition) is 6. The van der Waals surface area contributed by atoms with Gasteiger partial charge in [0.25, 0.3) is 5.91 Å². The molecule has 7 heteroatoms. The maximum atomic E-state index is 13.1. The molecule has 3 heterocycles. The molecule has 0 aromatic heterocycles. The summed E-state index contributed by atoms with van der Waals surface area (Å²) in [6.07, 6.45) is 2.25. The average Bonchev–Trinajstić information content (AvgIpc) is 3.32. The second-order valence-electron chi connectivity index (χ2n) is 9.49. The van der Waals surface area contributed by atoms with Gasteiger partial charge in [0.1, 0.15) is 0 Å². The van der Waals surface area contributed by atoms with Gasteiger partial charge in [-0.3, -0.25) is 14.6 Å². The van der Waals surface area contributed by atoms with Crippen LogP contribution in [0, 0.1) is 0 Å². The van der Waals surface area contributed by atoms with Crippen molar-refractivity contribution in [3.8, 4) is 11.5 Å². The number of piperidine rings is 1. The van der Waals surface area contributed by atoms with Crippen molar-refractivity contribution in [2.24, 2.45) is 0 Å². The van der Waals surface area contributed by atoms with Gasteiger partial charge < -0.3 is 19.3 Å². The lowest BCUT2D eigenvalue weighted by atomic mass is 10.0. The minimum atomic E-state index is 0.159. The number of anilines is 1. The number of rotatable bonds is 5. The van der Waals surface area contributed by atoms with Crippen LogP contribution in [-0.4, -0.2) is 86.8 Å². The van der Waals surface area contributed by atoms with E-state index in [1.54, 1.807) is 0 Å². The molecule has 2 fully saturated rings. The highest BCUT2D eigenvalue weighted by Crippen LogP contribution is 2.33. The molecule has 0 aliphatic carbocycles. The lowest BCUT2D eigenvalue weighted by Crippen LogP contribution is -2.55. The first kappa shape index (κ1) is 22.0. The Morgan fingerprint density at radius 3 is 2.48 bits per heavy atom. The fraction of sp³-hybridized carbons (Fsp3) is 0.500. The molecule has 1 amide bonds. The normalized spacial score (nSPS) is 21.3. The number of benzene rings is 2. The van der Waals surface area contributed by atoms with E-state index in [0.717, 1.165) is 75.0 Å². The summed E-state index contributed by atoms with van der Waals surface area (Å²) in [6.45, 7) is 7.13. The zero-order valence-electron chi connectivity index (χ0n) is 19.7. The molecule has 0 N–H and O–H groups in total. The van der Waals surface area contributed by atoms with Gasteiger partial charge >= 0.3 is 0 Å². The zero-order chi connectivity index (χ0) is 22.8. The molecule has 0 saturated carbocycles. The number of carbonyl (C=O) groups excluding carboxylic acids is 1. The Morgan fingerprint density at radius 1 is 0.970 bits per heavy atom. The summed E-state index contributed by atoms with van der Waals surface area (Å²) in [4.78, 5) is 22.3. The molecular weight excluding hydrogens is 416 g/mol. The summed E-state index contributed by atoms with van der Waals surface area (Å²) in [5, 5.41) is 0. The van der Waals surface area contributed by atoms with Crippen LogP contribution in [0.1, 0.15) is 28.8 Å². The molecule has 3 aliphatic heterocycles. The second kappa shape index (κ2) is 9.61. The van der Waals surface area contributed by atoms with Crippen LogP contribution in [0.15, 0.2) is 42.5 Å². The van der Waals surface area contributed by atoms with Crippen molar-refractivity contribution < 1.29 is 14.3 Å². The highest BCUT2D eigenvalue weighted by molar-refractivity contribution is 5.94. The summed E-state index contributed by atoms with van der Waals surface area (Å²) < 4.78 is 10.9. The molecule has 3 aliphatic rings. The van der Waals surface area contributed by atoms with Crippen molar-refractivity contribution >= 4 is 11.6 Å². The third-order valence-electron chi connectivity index (χ3n) is 7.08. The van der Waals surface area contributed by atoms with Crippen LogP contribution in [0.2, 0.25) is 0 Å². The molecule has 2 aromatic rings. The Labute approximate surface area is 196 Å². The molecule has 33 heavy (non-hydrogen) atoms. The lowest BCUT2D eigenvalue weighted by Gasteiger charge is -2.43. The van der Waals surface area contributed by atoms with Gasteiger partial charge in [-0.2, -0.15) is 0 Å². The van der Waals surface area contributed by atoms with Gasteiger partial charge in [-0.05, 0) is 54.8 Å². The number of likely N-dealkylation sites (tertiary alicyclic amines) is 1. The molecule has 0 radical (unpaired) electrons. The lowest BCUT2D eigenvalue weighted by molar-refractivity contribution is 0.0407. The van der Waals surface area contributed by atoms with Crippen LogP contribution in [-0.2, 0) is 6.54 Å². The minimum Gasteiger partial charge on any atom is -0.454 e. The van der Waals surface area contributed by atoms with E-state index >= 15 is 0 Å². The van der Waals surface area contributed by atoms with E-state index in [1.165, 1.54) is 12.0 Å². The first-order chi connectivity index (χ1) is 16.1. The molecule has 2 saturated heterocycles. The standard InChI is InChI=1S/C26H34N4O3/c1-27(2)22-8-6-21(7-9-22)26(31)30-11-3-4-23(18-30)29-14-12-28(13-15-29)17-20-5-10-24-25(16-20)33-19-32-24/h5-10,16,23H,3-4,11-15,17-19H2,1-2H3/t23-/m0/s1. The number of fused-ring (bicyclic) bond motifs is 1. The number of piperazine rings is 1. The summed E-state index contributed by atoms with van der Waals surface area (Å²) in [7, 11) is 4.03. The summed E-state index contributed by atoms with van der Waals surface area (Å²) >= 11 is 0. The molecule has 2 aromatic carbocycles. The van der Waals surface area contributed by atoms with Gasteiger partial charge in [-0.15, -0.1) is 0 Å². The Balaban J connectivity index is 1.13. The van der Waals surface area contributed by atoms with E-state index in [0.29, 0.717) is 12.8 Å². The Hall–Kier alpha value is -2.77. The molecule has 1 atom stereocenters. The summed E-state index contributed by atoms with van der Waals surface area (Å²) in [5.41, 5.74) is 3.17. The van der Waals surface area contributed by atoms with Gasteiger partial charge in [-0.1, -0.05) is 6.07 Å². The van der Waals surface area contributed by atoms with Crippen molar-refractivity contribution in [3.63, 3.8) is 0 Å². The number of ether oxygens (including phenoxy) is 2. The maximum absolute atomic E-state index is 13.1.